The second kappa shape index (κ2) is 4.55. The van der Waals surface area contributed by atoms with Crippen LogP contribution in [0.1, 0.15) is 12.5 Å². The number of nitrogens with one attached hydrogen (secondary N) is 1. The SMILES string of the molecule is CC1CNC(Cc2ccccc2)CS1(=O)=O. The summed E-state index contributed by atoms with van der Waals surface area (Å²) in [6.45, 7) is 2.33. The van der Waals surface area contributed by atoms with E-state index in [1.165, 1.54) is 5.56 Å². The van der Waals surface area contributed by atoms with Gasteiger partial charge in [-0.1, -0.05) is 30.3 Å². The Hall–Kier alpha value is -0.870. The third kappa shape index (κ3) is 2.62. The molecule has 0 aromatic heterocycles. The molecule has 0 spiro atoms. The van der Waals surface area contributed by atoms with Crippen molar-refractivity contribution >= 4 is 9.84 Å². The fourth-order valence-corrected chi connectivity index (χ4v) is 3.47. The highest BCUT2D eigenvalue weighted by molar-refractivity contribution is 7.92. The number of sulfone groups is 1. The maximum atomic E-state index is 11.7. The standard InChI is InChI=1S/C12H17NO2S/c1-10-8-13-12(9-16(10,14)15)7-11-5-3-2-4-6-11/h2-6,10,12-13H,7-9H2,1H3. The predicted octanol–water partition coefficient (Wildman–Crippen LogP) is 1.00. The minimum absolute atomic E-state index is 0.0589. The maximum absolute atomic E-state index is 11.7. The van der Waals surface area contributed by atoms with Gasteiger partial charge in [-0.05, 0) is 18.9 Å². The molecule has 0 amide bonds. The highest BCUT2D eigenvalue weighted by Crippen LogP contribution is 2.13. The molecule has 1 N–H and O–H groups in total. The van der Waals surface area contributed by atoms with E-state index in [0.29, 0.717) is 6.54 Å². The van der Waals surface area contributed by atoms with Gasteiger partial charge >= 0.3 is 0 Å². The molecule has 88 valence electrons. The molecule has 4 heteroatoms. The van der Waals surface area contributed by atoms with Crippen molar-refractivity contribution < 1.29 is 8.42 Å². The minimum Gasteiger partial charge on any atom is -0.311 e. The van der Waals surface area contributed by atoms with Gasteiger partial charge in [0.15, 0.2) is 9.84 Å². The zero-order chi connectivity index (χ0) is 11.6. The lowest BCUT2D eigenvalue weighted by Gasteiger charge is -2.28. The fraction of sp³-hybridized carbons (Fsp3) is 0.500. The van der Waals surface area contributed by atoms with Crippen molar-refractivity contribution in [3.63, 3.8) is 0 Å². The number of hydrogen-bond acceptors (Lipinski definition) is 3. The molecule has 16 heavy (non-hydrogen) atoms. The molecule has 0 aliphatic carbocycles. The van der Waals surface area contributed by atoms with Gasteiger partial charge in [0.25, 0.3) is 0 Å². The first-order valence-corrected chi connectivity index (χ1v) is 7.28. The summed E-state index contributed by atoms with van der Waals surface area (Å²) in [5.74, 6) is 0.253. The Morgan fingerprint density at radius 3 is 2.62 bits per heavy atom. The topological polar surface area (TPSA) is 46.2 Å². The Morgan fingerprint density at radius 1 is 1.31 bits per heavy atom. The van der Waals surface area contributed by atoms with Gasteiger partial charge in [0.05, 0.1) is 11.0 Å². The molecule has 1 aromatic rings. The number of benzene rings is 1. The second-order valence-corrected chi connectivity index (χ2v) is 6.90. The Morgan fingerprint density at radius 2 is 2.00 bits per heavy atom. The molecule has 2 atom stereocenters. The van der Waals surface area contributed by atoms with E-state index in [1.54, 1.807) is 6.92 Å². The third-order valence-electron chi connectivity index (χ3n) is 3.07. The summed E-state index contributed by atoms with van der Waals surface area (Å²) in [6.07, 6.45) is 0.785. The zero-order valence-corrected chi connectivity index (χ0v) is 10.2. The molecule has 1 aliphatic heterocycles. The molecule has 2 rings (SSSR count). The van der Waals surface area contributed by atoms with Crippen molar-refractivity contribution in [3.8, 4) is 0 Å². The Labute approximate surface area is 96.8 Å². The predicted molar refractivity (Wildman–Crippen MR) is 65.2 cm³/mol. The minimum atomic E-state index is -2.89. The lowest BCUT2D eigenvalue weighted by atomic mass is 10.1. The van der Waals surface area contributed by atoms with Gasteiger partial charge in [-0.2, -0.15) is 0 Å². The van der Waals surface area contributed by atoms with E-state index < -0.39 is 9.84 Å². The van der Waals surface area contributed by atoms with E-state index in [-0.39, 0.29) is 17.0 Å². The monoisotopic (exact) mass is 239 g/mol. The highest BCUT2D eigenvalue weighted by Gasteiger charge is 2.30. The summed E-state index contributed by atoms with van der Waals surface area (Å²) >= 11 is 0. The van der Waals surface area contributed by atoms with Gasteiger partial charge in [0.2, 0.25) is 0 Å². The van der Waals surface area contributed by atoms with Crippen LogP contribution in [0.3, 0.4) is 0 Å². The molecular formula is C12H17NO2S. The molecular weight excluding hydrogens is 222 g/mol. The van der Waals surface area contributed by atoms with Gasteiger partial charge in [0.1, 0.15) is 0 Å². The smallest absolute Gasteiger partial charge is 0.155 e. The Kier molecular flexibility index (Phi) is 3.30. The van der Waals surface area contributed by atoms with Crippen LogP contribution < -0.4 is 5.32 Å². The fourth-order valence-electron chi connectivity index (χ4n) is 1.99. The Balaban J connectivity index is 2.03. The van der Waals surface area contributed by atoms with Crippen LogP contribution in [-0.2, 0) is 16.3 Å². The van der Waals surface area contributed by atoms with Gasteiger partial charge < -0.3 is 5.32 Å². The lowest BCUT2D eigenvalue weighted by Crippen LogP contribution is -2.50. The first-order chi connectivity index (χ1) is 7.58. The van der Waals surface area contributed by atoms with Crippen molar-refractivity contribution in [1.29, 1.82) is 0 Å². The molecule has 0 radical (unpaired) electrons. The van der Waals surface area contributed by atoms with Crippen LogP contribution >= 0.6 is 0 Å². The van der Waals surface area contributed by atoms with Gasteiger partial charge in [0, 0.05) is 12.6 Å². The summed E-state index contributed by atoms with van der Waals surface area (Å²) in [7, 11) is -2.89. The molecule has 1 fully saturated rings. The van der Waals surface area contributed by atoms with Crippen molar-refractivity contribution in [2.75, 3.05) is 12.3 Å². The van der Waals surface area contributed by atoms with E-state index in [4.69, 9.17) is 0 Å². The van der Waals surface area contributed by atoms with Gasteiger partial charge in [-0.15, -0.1) is 0 Å². The van der Waals surface area contributed by atoms with Crippen molar-refractivity contribution in [2.24, 2.45) is 0 Å². The summed E-state index contributed by atoms with van der Waals surface area (Å²) in [5, 5.41) is 3.04. The third-order valence-corrected chi connectivity index (χ3v) is 5.33. The maximum Gasteiger partial charge on any atom is 0.155 e. The summed E-state index contributed by atoms with van der Waals surface area (Å²) in [5.41, 5.74) is 1.18. The van der Waals surface area contributed by atoms with Crippen molar-refractivity contribution in [3.05, 3.63) is 35.9 Å². The van der Waals surface area contributed by atoms with Crippen molar-refractivity contribution in [1.82, 2.24) is 5.32 Å². The summed E-state index contributed by atoms with van der Waals surface area (Å²) < 4.78 is 23.5. The first kappa shape index (κ1) is 11.6. The first-order valence-electron chi connectivity index (χ1n) is 5.57. The van der Waals surface area contributed by atoms with Crippen LogP contribution in [0.2, 0.25) is 0 Å². The largest absolute Gasteiger partial charge is 0.311 e. The zero-order valence-electron chi connectivity index (χ0n) is 9.39. The van der Waals surface area contributed by atoms with E-state index in [1.807, 2.05) is 30.3 Å². The van der Waals surface area contributed by atoms with Crippen LogP contribution in [-0.4, -0.2) is 32.0 Å². The molecule has 1 saturated heterocycles. The molecule has 1 aliphatic rings. The quantitative estimate of drug-likeness (QED) is 0.837. The van der Waals surface area contributed by atoms with E-state index in [9.17, 15) is 8.42 Å². The van der Waals surface area contributed by atoms with Crippen LogP contribution in [0.15, 0.2) is 30.3 Å². The molecule has 1 heterocycles. The molecule has 2 unspecified atom stereocenters. The second-order valence-electron chi connectivity index (χ2n) is 4.44. The number of rotatable bonds is 2. The number of hydrogen-bond donors (Lipinski definition) is 1. The molecule has 0 bridgehead atoms. The van der Waals surface area contributed by atoms with Crippen LogP contribution in [0, 0.1) is 0 Å². The molecule has 1 aromatic carbocycles. The van der Waals surface area contributed by atoms with Gasteiger partial charge in [-0.25, -0.2) is 8.42 Å². The van der Waals surface area contributed by atoms with Crippen LogP contribution in [0.4, 0.5) is 0 Å². The van der Waals surface area contributed by atoms with Gasteiger partial charge in [-0.3, -0.25) is 0 Å². The van der Waals surface area contributed by atoms with Crippen molar-refractivity contribution in [2.45, 2.75) is 24.6 Å². The van der Waals surface area contributed by atoms with E-state index in [0.717, 1.165) is 6.42 Å². The van der Waals surface area contributed by atoms with Crippen LogP contribution in [0.25, 0.3) is 0 Å². The summed E-state index contributed by atoms with van der Waals surface area (Å²) in [6, 6.07) is 10.1. The summed E-state index contributed by atoms with van der Waals surface area (Å²) in [4.78, 5) is 0. The van der Waals surface area contributed by atoms with E-state index in [2.05, 4.69) is 5.32 Å². The molecule has 0 saturated carbocycles. The lowest BCUT2D eigenvalue weighted by molar-refractivity contribution is 0.489. The highest BCUT2D eigenvalue weighted by atomic mass is 32.2. The normalized spacial score (nSPS) is 28.8. The average Bonchev–Trinajstić information content (AvgIpc) is 2.25. The van der Waals surface area contributed by atoms with E-state index >= 15 is 0 Å². The Bertz CT molecular complexity index is 441. The molecule has 3 nitrogen and oxygen atoms in total. The van der Waals surface area contributed by atoms with Crippen LogP contribution in [0.5, 0.6) is 0 Å². The average molecular weight is 239 g/mol.